The number of aromatic amines is 2. The fourth-order valence-electron chi connectivity index (χ4n) is 2.95. The second-order valence-electron chi connectivity index (χ2n) is 6.05. The summed E-state index contributed by atoms with van der Waals surface area (Å²) in [5.74, 6) is -0.630. The van der Waals surface area contributed by atoms with Crippen LogP contribution in [0.2, 0.25) is 0 Å². The van der Waals surface area contributed by atoms with Gasteiger partial charge in [-0.15, -0.1) is 5.10 Å². The number of rotatable bonds is 6. The van der Waals surface area contributed by atoms with Crippen molar-refractivity contribution in [1.82, 2.24) is 35.7 Å². The number of para-hydroxylation sites is 1. The van der Waals surface area contributed by atoms with Crippen molar-refractivity contribution in [3.63, 3.8) is 0 Å². The summed E-state index contributed by atoms with van der Waals surface area (Å²) in [6.45, 7) is 0. The summed E-state index contributed by atoms with van der Waals surface area (Å²) in [7, 11) is 0. The highest BCUT2D eigenvalue weighted by molar-refractivity contribution is 5.90. The zero-order chi connectivity index (χ0) is 18.6. The summed E-state index contributed by atoms with van der Waals surface area (Å²) in [5, 5.41) is 25.0. The van der Waals surface area contributed by atoms with Gasteiger partial charge < -0.3 is 4.98 Å². The summed E-state index contributed by atoms with van der Waals surface area (Å²) in [4.78, 5) is 14.6. The Morgan fingerprint density at radius 1 is 1.33 bits per heavy atom. The highest BCUT2D eigenvalue weighted by Gasteiger charge is 2.19. The molecule has 1 atom stereocenters. The van der Waals surface area contributed by atoms with E-state index in [2.05, 4.69) is 31.6 Å². The minimum absolute atomic E-state index is 0.140. The molecule has 4 rings (SSSR count). The molecule has 0 bridgehead atoms. The Hall–Kier alpha value is -3.72. The summed E-state index contributed by atoms with van der Waals surface area (Å²) in [5.41, 5.74) is 5.04. The van der Waals surface area contributed by atoms with Crippen molar-refractivity contribution in [2.75, 3.05) is 0 Å². The van der Waals surface area contributed by atoms with Gasteiger partial charge in [-0.1, -0.05) is 23.4 Å². The topological polar surface area (TPSA) is 125 Å². The Labute approximate surface area is 153 Å². The molecule has 4 N–H and O–H groups in total. The molecule has 1 unspecified atom stereocenters. The van der Waals surface area contributed by atoms with Crippen LogP contribution >= 0.6 is 0 Å². The average Bonchev–Trinajstić information content (AvgIpc) is 3.44. The number of hydrogen-bond donors (Lipinski definition) is 4. The highest BCUT2D eigenvalue weighted by atomic mass is 16.5. The van der Waals surface area contributed by atoms with E-state index in [9.17, 15) is 4.79 Å². The van der Waals surface area contributed by atoms with Gasteiger partial charge in [0.05, 0.1) is 12.2 Å². The first-order valence-electron chi connectivity index (χ1n) is 8.33. The van der Waals surface area contributed by atoms with Gasteiger partial charge >= 0.3 is 0 Å². The molecule has 9 heteroatoms. The molecule has 0 aliphatic heterocycles. The SMILES string of the molecule is O=C(/C=C/c1cn(C(Cc2ccn[nH]2)c2cc3ccccc3[nH]2)nn1)NO. The molecule has 1 aromatic carbocycles. The van der Waals surface area contributed by atoms with Crippen molar-refractivity contribution in [1.29, 1.82) is 0 Å². The van der Waals surface area contributed by atoms with Gasteiger partial charge in [0, 0.05) is 35.6 Å². The number of nitrogens with zero attached hydrogens (tertiary/aromatic N) is 4. The molecule has 3 aromatic heterocycles. The number of H-pyrrole nitrogens is 2. The van der Waals surface area contributed by atoms with E-state index in [4.69, 9.17) is 5.21 Å². The maximum absolute atomic E-state index is 11.1. The van der Waals surface area contributed by atoms with Gasteiger partial charge in [-0.2, -0.15) is 5.10 Å². The number of aromatic nitrogens is 6. The summed E-state index contributed by atoms with van der Waals surface area (Å²) in [6.07, 6.45) is 6.75. The number of carbonyl (C=O) groups is 1. The second kappa shape index (κ2) is 7.26. The van der Waals surface area contributed by atoms with E-state index in [1.54, 1.807) is 17.1 Å². The Morgan fingerprint density at radius 3 is 3.00 bits per heavy atom. The van der Waals surface area contributed by atoms with E-state index < -0.39 is 5.91 Å². The van der Waals surface area contributed by atoms with Crippen molar-refractivity contribution >= 4 is 22.9 Å². The van der Waals surface area contributed by atoms with Crippen LogP contribution in [0.25, 0.3) is 17.0 Å². The normalized spacial score (nSPS) is 12.6. The largest absolute Gasteiger partial charge is 0.357 e. The molecule has 0 aliphatic rings. The standard InChI is InChI=1S/C18H17N7O2/c26-18(23-27)6-5-14-11-25(24-22-14)17(10-13-7-8-19-21-13)16-9-12-3-1-2-4-15(12)20-16/h1-9,11,17,20,27H,10H2,(H,19,21)(H,23,26)/b6-5+. The van der Waals surface area contributed by atoms with Gasteiger partial charge in [0.2, 0.25) is 0 Å². The van der Waals surface area contributed by atoms with Crippen LogP contribution in [-0.4, -0.2) is 41.3 Å². The molecule has 0 aliphatic carbocycles. The van der Waals surface area contributed by atoms with Crippen molar-refractivity contribution in [2.24, 2.45) is 0 Å². The zero-order valence-electron chi connectivity index (χ0n) is 14.2. The smallest absolute Gasteiger partial charge is 0.267 e. The predicted molar refractivity (Wildman–Crippen MR) is 97.7 cm³/mol. The minimum Gasteiger partial charge on any atom is -0.357 e. The number of benzene rings is 1. The van der Waals surface area contributed by atoms with E-state index in [1.807, 2.05) is 30.3 Å². The number of carbonyl (C=O) groups excluding carboxylic acids is 1. The van der Waals surface area contributed by atoms with Crippen molar-refractivity contribution < 1.29 is 10.0 Å². The Morgan fingerprint density at radius 2 is 2.22 bits per heavy atom. The van der Waals surface area contributed by atoms with Crippen molar-refractivity contribution in [3.8, 4) is 0 Å². The predicted octanol–water partition coefficient (Wildman–Crippen LogP) is 1.83. The maximum atomic E-state index is 11.1. The van der Waals surface area contributed by atoms with Crippen LogP contribution in [0.4, 0.5) is 0 Å². The first-order chi connectivity index (χ1) is 13.2. The minimum atomic E-state index is -0.630. The third-order valence-electron chi connectivity index (χ3n) is 4.24. The van der Waals surface area contributed by atoms with Crippen molar-refractivity contribution in [3.05, 3.63) is 71.9 Å². The molecule has 0 fully saturated rings. The maximum Gasteiger partial charge on any atom is 0.267 e. The first kappa shape index (κ1) is 16.7. The molecule has 0 saturated heterocycles. The zero-order valence-corrected chi connectivity index (χ0v) is 14.2. The molecular weight excluding hydrogens is 346 g/mol. The third-order valence-corrected chi connectivity index (χ3v) is 4.24. The average molecular weight is 363 g/mol. The number of amides is 1. The summed E-state index contributed by atoms with van der Waals surface area (Å²) >= 11 is 0. The molecule has 0 spiro atoms. The van der Waals surface area contributed by atoms with Gasteiger partial charge in [-0.25, -0.2) is 10.2 Å². The van der Waals surface area contributed by atoms with E-state index >= 15 is 0 Å². The van der Waals surface area contributed by atoms with Crippen LogP contribution in [0.5, 0.6) is 0 Å². The van der Waals surface area contributed by atoms with Crippen LogP contribution in [0.3, 0.4) is 0 Å². The van der Waals surface area contributed by atoms with E-state index in [1.165, 1.54) is 17.6 Å². The molecule has 9 nitrogen and oxygen atoms in total. The third kappa shape index (κ3) is 3.62. The van der Waals surface area contributed by atoms with Crippen LogP contribution in [-0.2, 0) is 11.2 Å². The van der Waals surface area contributed by atoms with Crippen LogP contribution in [0, 0.1) is 0 Å². The molecule has 0 saturated carbocycles. The van der Waals surface area contributed by atoms with Gasteiger partial charge in [0.25, 0.3) is 5.91 Å². The highest BCUT2D eigenvalue weighted by Crippen LogP contribution is 2.25. The molecular formula is C18H17N7O2. The lowest BCUT2D eigenvalue weighted by Crippen LogP contribution is -2.15. The van der Waals surface area contributed by atoms with E-state index in [-0.39, 0.29) is 6.04 Å². The molecule has 136 valence electrons. The lowest BCUT2D eigenvalue weighted by Gasteiger charge is -2.14. The Balaban J connectivity index is 1.69. The van der Waals surface area contributed by atoms with Crippen molar-refractivity contribution in [2.45, 2.75) is 12.5 Å². The van der Waals surface area contributed by atoms with E-state index in [0.717, 1.165) is 22.3 Å². The fourth-order valence-corrected chi connectivity index (χ4v) is 2.95. The van der Waals surface area contributed by atoms with Crippen LogP contribution in [0.15, 0.2) is 54.9 Å². The summed E-state index contributed by atoms with van der Waals surface area (Å²) in [6, 6.07) is 11.9. The lowest BCUT2D eigenvalue weighted by atomic mass is 10.1. The fraction of sp³-hybridized carbons (Fsp3) is 0.111. The van der Waals surface area contributed by atoms with Crippen LogP contribution < -0.4 is 5.48 Å². The number of fused-ring (bicyclic) bond motifs is 1. The van der Waals surface area contributed by atoms with Gasteiger partial charge in [0.15, 0.2) is 0 Å². The number of hydrogen-bond acceptors (Lipinski definition) is 5. The summed E-state index contributed by atoms with van der Waals surface area (Å²) < 4.78 is 1.74. The van der Waals surface area contributed by atoms with E-state index in [0.29, 0.717) is 12.1 Å². The monoisotopic (exact) mass is 363 g/mol. The molecule has 1 amide bonds. The van der Waals surface area contributed by atoms with Gasteiger partial charge in [0.1, 0.15) is 5.69 Å². The quantitative estimate of drug-likeness (QED) is 0.236. The number of nitrogens with one attached hydrogen (secondary N) is 3. The van der Waals surface area contributed by atoms with Crippen LogP contribution in [0.1, 0.15) is 23.1 Å². The molecule has 27 heavy (non-hydrogen) atoms. The second-order valence-corrected chi connectivity index (χ2v) is 6.05. The molecule has 0 radical (unpaired) electrons. The first-order valence-corrected chi connectivity index (χ1v) is 8.33. The van der Waals surface area contributed by atoms with Gasteiger partial charge in [-0.05, 0) is 29.7 Å². The molecule has 3 heterocycles. The van der Waals surface area contributed by atoms with Gasteiger partial charge in [-0.3, -0.25) is 15.1 Å². The molecule has 4 aromatic rings. The number of hydroxylamine groups is 1. The Kier molecular flexibility index (Phi) is 4.50. The Bertz CT molecular complexity index is 1050. The lowest BCUT2D eigenvalue weighted by molar-refractivity contribution is -0.124.